The van der Waals surface area contributed by atoms with Crippen molar-refractivity contribution in [3.05, 3.63) is 41.5 Å². The Bertz CT molecular complexity index is 732. The SMILES string of the molecule is COc1cc(O)c2c(c1)OC(c1c(O)cccc1O)CC2=O. The second-order valence-electron chi connectivity index (χ2n) is 4.96. The number of ketones is 1. The van der Waals surface area contributed by atoms with Crippen molar-refractivity contribution in [3.63, 3.8) is 0 Å². The number of phenolic OH excluding ortho intramolecular Hbond substituents is 3. The van der Waals surface area contributed by atoms with E-state index in [2.05, 4.69) is 0 Å². The van der Waals surface area contributed by atoms with E-state index in [0.29, 0.717) is 5.75 Å². The Morgan fingerprint density at radius 3 is 2.45 bits per heavy atom. The number of rotatable bonds is 2. The summed E-state index contributed by atoms with van der Waals surface area (Å²) in [5.74, 6) is -0.387. The molecule has 2 aromatic carbocycles. The summed E-state index contributed by atoms with van der Waals surface area (Å²) in [5.41, 5.74) is 0.218. The first-order valence-electron chi connectivity index (χ1n) is 6.63. The lowest BCUT2D eigenvalue weighted by Gasteiger charge is -2.27. The van der Waals surface area contributed by atoms with E-state index in [-0.39, 0.29) is 46.3 Å². The zero-order chi connectivity index (χ0) is 15.9. The molecular formula is C16H14O6. The molecule has 1 heterocycles. The number of benzene rings is 2. The van der Waals surface area contributed by atoms with Crippen molar-refractivity contribution in [2.45, 2.75) is 12.5 Å². The van der Waals surface area contributed by atoms with Crippen LogP contribution >= 0.6 is 0 Å². The monoisotopic (exact) mass is 302 g/mol. The van der Waals surface area contributed by atoms with E-state index >= 15 is 0 Å². The first-order valence-corrected chi connectivity index (χ1v) is 6.63. The second kappa shape index (κ2) is 5.14. The lowest BCUT2D eigenvalue weighted by atomic mass is 9.94. The largest absolute Gasteiger partial charge is 0.507 e. The number of aromatic hydroxyl groups is 3. The standard InChI is InChI=1S/C16H14O6/c1-21-8-5-11(19)16-12(20)7-14(22-13(16)6-8)15-9(17)3-2-4-10(15)18/h2-6,14,17-19H,7H2,1H3. The fourth-order valence-corrected chi connectivity index (χ4v) is 2.56. The Labute approximate surface area is 126 Å². The minimum absolute atomic E-state index is 0.0759. The summed E-state index contributed by atoms with van der Waals surface area (Å²) in [5, 5.41) is 29.7. The molecule has 6 nitrogen and oxygen atoms in total. The van der Waals surface area contributed by atoms with Crippen LogP contribution in [0.15, 0.2) is 30.3 Å². The van der Waals surface area contributed by atoms with E-state index in [1.54, 1.807) is 0 Å². The molecular weight excluding hydrogens is 288 g/mol. The van der Waals surface area contributed by atoms with Crippen molar-refractivity contribution >= 4 is 5.78 Å². The highest BCUT2D eigenvalue weighted by molar-refractivity contribution is 6.02. The van der Waals surface area contributed by atoms with Crippen LogP contribution in [0.2, 0.25) is 0 Å². The quantitative estimate of drug-likeness (QED) is 0.789. The molecule has 2 aromatic rings. The number of ether oxygens (including phenoxy) is 2. The summed E-state index contributed by atoms with van der Waals surface area (Å²) in [6.45, 7) is 0. The first kappa shape index (κ1) is 14.1. The van der Waals surface area contributed by atoms with Crippen LogP contribution in [0.1, 0.15) is 28.4 Å². The molecule has 0 bridgehead atoms. The van der Waals surface area contributed by atoms with E-state index in [0.717, 1.165) is 0 Å². The Balaban J connectivity index is 2.07. The van der Waals surface area contributed by atoms with E-state index in [4.69, 9.17) is 9.47 Å². The van der Waals surface area contributed by atoms with E-state index < -0.39 is 6.10 Å². The van der Waals surface area contributed by atoms with Gasteiger partial charge in [-0.1, -0.05) is 6.07 Å². The van der Waals surface area contributed by atoms with Crippen LogP contribution in [0.3, 0.4) is 0 Å². The van der Waals surface area contributed by atoms with Gasteiger partial charge in [-0.25, -0.2) is 0 Å². The molecule has 0 aliphatic carbocycles. The van der Waals surface area contributed by atoms with Crippen LogP contribution in [0, 0.1) is 0 Å². The number of carbonyl (C=O) groups excluding carboxylic acids is 1. The van der Waals surface area contributed by atoms with Crippen LogP contribution in [-0.2, 0) is 0 Å². The van der Waals surface area contributed by atoms with Gasteiger partial charge in [0.1, 0.15) is 40.4 Å². The summed E-state index contributed by atoms with van der Waals surface area (Å²) < 4.78 is 10.7. The Morgan fingerprint density at radius 1 is 1.14 bits per heavy atom. The van der Waals surface area contributed by atoms with Gasteiger partial charge in [0.15, 0.2) is 5.78 Å². The maximum absolute atomic E-state index is 12.3. The number of fused-ring (bicyclic) bond motifs is 1. The van der Waals surface area contributed by atoms with Crippen molar-refractivity contribution in [1.82, 2.24) is 0 Å². The Morgan fingerprint density at radius 2 is 1.82 bits per heavy atom. The molecule has 1 aliphatic heterocycles. The van der Waals surface area contributed by atoms with Crippen molar-refractivity contribution in [2.75, 3.05) is 7.11 Å². The molecule has 0 radical (unpaired) electrons. The maximum Gasteiger partial charge on any atom is 0.174 e. The molecule has 0 aromatic heterocycles. The molecule has 1 unspecified atom stereocenters. The molecule has 0 saturated carbocycles. The highest BCUT2D eigenvalue weighted by Gasteiger charge is 2.33. The zero-order valence-electron chi connectivity index (χ0n) is 11.7. The van der Waals surface area contributed by atoms with Gasteiger partial charge < -0.3 is 24.8 Å². The lowest BCUT2D eigenvalue weighted by molar-refractivity contribution is 0.0839. The third-order valence-corrected chi connectivity index (χ3v) is 3.59. The molecule has 1 aliphatic rings. The molecule has 1 atom stereocenters. The van der Waals surface area contributed by atoms with Gasteiger partial charge in [0.05, 0.1) is 19.1 Å². The van der Waals surface area contributed by atoms with E-state index in [1.165, 1.54) is 37.4 Å². The minimum atomic E-state index is -0.840. The minimum Gasteiger partial charge on any atom is -0.507 e. The summed E-state index contributed by atoms with van der Waals surface area (Å²) >= 11 is 0. The highest BCUT2D eigenvalue weighted by Crippen LogP contribution is 2.45. The summed E-state index contributed by atoms with van der Waals surface area (Å²) in [4.78, 5) is 12.3. The third kappa shape index (κ3) is 2.18. The molecule has 0 fully saturated rings. The van der Waals surface area contributed by atoms with Crippen molar-refractivity contribution < 1.29 is 29.6 Å². The van der Waals surface area contributed by atoms with Gasteiger partial charge in [0, 0.05) is 12.1 Å². The van der Waals surface area contributed by atoms with Crippen molar-refractivity contribution in [3.8, 4) is 28.7 Å². The molecule has 0 amide bonds. The van der Waals surface area contributed by atoms with Gasteiger partial charge in [-0.05, 0) is 12.1 Å². The zero-order valence-corrected chi connectivity index (χ0v) is 11.7. The molecule has 22 heavy (non-hydrogen) atoms. The summed E-state index contributed by atoms with van der Waals surface area (Å²) in [7, 11) is 1.43. The molecule has 6 heteroatoms. The predicted octanol–water partition coefficient (Wildman–Crippen LogP) is 2.52. The number of Topliss-reactive ketones (excluding diaryl/α,β-unsaturated/α-hetero) is 1. The fraction of sp³-hybridized carbons (Fsp3) is 0.188. The number of hydrogen-bond donors (Lipinski definition) is 3. The van der Waals surface area contributed by atoms with Gasteiger partial charge >= 0.3 is 0 Å². The number of methoxy groups -OCH3 is 1. The van der Waals surface area contributed by atoms with Crippen LogP contribution < -0.4 is 9.47 Å². The van der Waals surface area contributed by atoms with E-state index in [1.807, 2.05) is 0 Å². The van der Waals surface area contributed by atoms with Crippen molar-refractivity contribution in [1.29, 1.82) is 0 Å². The summed E-state index contributed by atoms with van der Waals surface area (Å²) in [6, 6.07) is 7.11. The third-order valence-electron chi connectivity index (χ3n) is 3.59. The normalized spacial score (nSPS) is 16.8. The Kier molecular flexibility index (Phi) is 3.29. The first-order chi connectivity index (χ1) is 10.5. The molecule has 114 valence electrons. The van der Waals surface area contributed by atoms with Gasteiger partial charge in [0.2, 0.25) is 0 Å². The van der Waals surface area contributed by atoms with Crippen LogP contribution in [-0.4, -0.2) is 28.2 Å². The van der Waals surface area contributed by atoms with Crippen LogP contribution in [0.4, 0.5) is 0 Å². The summed E-state index contributed by atoms with van der Waals surface area (Å²) in [6.07, 6.45) is -0.939. The van der Waals surface area contributed by atoms with E-state index in [9.17, 15) is 20.1 Å². The van der Waals surface area contributed by atoms with Gasteiger partial charge in [-0.2, -0.15) is 0 Å². The molecule has 3 rings (SSSR count). The molecule has 0 spiro atoms. The lowest BCUT2D eigenvalue weighted by Crippen LogP contribution is -2.20. The Hall–Kier alpha value is -2.89. The van der Waals surface area contributed by atoms with Gasteiger partial charge in [-0.15, -0.1) is 0 Å². The van der Waals surface area contributed by atoms with Crippen molar-refractivity contribution in [2.24, 2.45) is 0 Å². The fourth-order valence-electron chi connectivity index (χ4n) is 2.56. The maximum atomic E-state index is 12.3. The molecule has 3 N–H and O–H groups in total. The number of carbonyl (C=O) groups is 1. The predicted molar refractivity (Wildman–Crippen MR) is 76.7 cm³/mol. The number of hydrogen-bond acceptors (Lipinski definition) is 6. The van der Waals surface area contributed by atoms with Gasteiger partial charge in [-0.3, -0.25) is 4.79 Å². The van der Waals surface area contributed by atoms with Crippen LogP contribution in [0.5, 0.6) is 28.7 Å². The molecule has 0 saturated heterocycles. The van der Waals surface area contributed by atoms with Crippen LogP contribution in [0.25, 0.3) is 0 Å². The number of phenols is 3. The van der Waals surface area contributed by atoms with Gasteiger partial charge in [0.25, 0.3) is 0 Å². The smallest absolute Gasteiger partial charge is 0.174 e. The average Bonchev–Trinajstić information content (AvgIpc) is 2.46. The topological polar surface area (TPSA) is 96.2 Å². The second-order valence-corrected chi connectivity index (χ2v) is 4.96. The average molecular weight is 302 g/mol. The highest BCUT2D eigenvalue weighted by atomic mass is 16.5.